The van der Waals surface area contributed by atoms with Crippen LogP contribution in [0.15, 0.2) is 42.6 Å². The van der Waals surface area contributed by atoms with Crippen molar-refractivity contribution in [1.82, 2.24) is 4.98 Å². The molecule has 0 aliphatic carbocycles. The zero-order valence-corrected chi connectivity index (χ0v) is 10.1. The van der Waals surface area contributed by atoms with Gasteiger partial charge in [0.15, 0.2) is 0 Å². The van der Waals surface area contributed by atoms with E-state index in [1.807, 2.05) is 50.2 Å². The third kappa shape index (κ3) is 2.56. The Morgan fingerprint density at radius 1 is 1.06 bits per heavy atom. The molecule has 3 nitrogen and oxygen atoms in total. The highest BCUT2D eigenvalue weighted by Crippen LogP contribution is 2.32. The van der Waals surface area contributed by atoms with E-state index in [2.05, 4.69) is 4.98 Å². The smallest absolute Gasteiger partial charge is 0.131 e. The maximum absolute atomic E-state index is 5.89. The number of nitrogen functional groups attached to an aromatic ring is 1. The highest BCUT2D eigenvalue weighted by atomic mass is 16.5. The van der Waals surface area contributed by atoms with Gasteiger partial charge in [-0.25, -0.2) is 4.98 Å². The number of nitrogens with zero attached hydrogens (tertiary/aromatic N) is 1. The van der Waals surface area contributed by atoms with E-state index in [1.54, 1.807) is 6.20 Å². The molecule has 0 saturated carbocycles. The van der Waals surface area contributed by atoms with Gasteiger partial charge in [0.1, 0.15) is 11.6 Å². The molecule has 0 radical (unpaired) electrons. The molecule has 2 aromatic rings. The van der Waals surface area contributed by atoms with E-state index in [4.69, 9.17) is 10.5 Å². The molecule has 0 saturated heterocycles. The Labute approximate surface area is 101 Å². The van der Waals surface area contributed by atoms with Crippen molar-refractivity contribution in [2.75, 3.05) is 5.73 Å². The van der Waals surface area contributed by atoms with Crippen molar-refractivity contribution >= 4 is 5.82 Å². The maximum Gasteiger partial charge on any atom is 0.131 e. The lowest BCUT2D eigenvalue weighted by atomic mass is 10.1. The van der Waals surface area contributed by atoms with Crippen LogP contribution in [0, 0.1) is 0 Å². The molecule has 0 aliphatic heterocycles. The molecule has 1 aromatic carbocycles. The summed E-state index contributed by atoms with van der Waals surface area (Å²) in [6, 6.07) is 11.7. The van der Waals surface area contributed by atoms with Gasteiger partial charge in [-0.05, 0) is 32.0 Å². The fourth-order valence-corrected chi connectivity index (χ4v) is 1.69. The van der Waals surface area contributed by atoms with E-state index in [0.29, 0.717) is 5.82 Å². The van der Waals surface area contributed by atoms with Gasteiger partial charge in [-0.3, -0.25) is 0 Å². The van der Waals surface area contributed by atoms with Gasteiger partial charge in [-0.1, -0.05) is 18.2 Å². The van der Waals surface area contributed by atoms with Crippen molar-refractivity contribution in [3.63, 3.8) is 0 Å². The average molecular weight is 228 g/mol. The van der Waals surface area contributed by atoms with E-state index in [1.165, 1.54) is 0 Å². The first-order valence-corrected chi connectivity index (χ1v) is 5.65. The van der Waals surface area contributed by atoms with Crippen LogP contribution in [0.4, 0.5) is 5.82 Å². The molecule has 0 spiro atoms. The van der Waals surface area contributed by atoms with Gasteiger partial charge in [-0.15, -0.1) is 0 Å². The molecule has 17 heavy (non-hydrogen) atoms. The molecular formula is C14H16N2O. The Morgan fingerprint density at radius 2 is 1.76 bits per heavy atom. The minimum atomic E-state index is 0.133. The minimum Gasteiger partial charge on any atom is -0.490 e. The van der Waals surface area contributed by atoms with Crippen LogP contribution in [0.1, 0.15) is 13.8 Å². The first kappa shape index (κ1) is 11.5. The molecule has 88 valence electrons. The second-order valence-electron chi connectivity index (χ2n) is 4.10. The van der Waals surface area contributed by atoms with Crippen LogP contribution >= 0.6 is 0 Å². The maximum atomic E-state index is 5.89. The van der Waals surface area contributed by atoms with Crippen LogP contribution in [-0.4, -0.2) is 11.1 Å². The fourth-order valence-electron chi connectivity index (χ4n) is 1.69. The number of aromatic nitrogens is 1. The number of anilines is 1. The van der Waals surface area contributed by atoms with Crippen molar-refractivity contribution in [3.8, 4) is 16.9 Å². The number of ether oxygens (including phenoxy) is 1. The second-order valence-corrected chi connectivity index (χ2v) is 4.10. The largest absolute Gasteiger partial charge is 0.490 e. The molecule has 2 N–H and O–H groups in total. The van der Waals surface area contributed by atoms with Gasteiger partial charge in [-0.2, -0.15) is 0 Å². The summed E-state index contributed by atoms with van der Waals surface area (Å²) in [4.78, 5) is 4.10. The number of para-hydroxylation sites is 1. The lowest BCUT2D eigenvalue weighted by Crippen LogP contribution is -2.06. The molecule has 0 aliphatic rings. The summed E-state index contributed by atoms with van der Waals surface area (Å²) in [5.74, 6) is 1.36. The number of pyridine rings is 1. The predicted molar refractivity (Wildman–Crippen MR) is 69.8 cm³/mol. The van der Waals surface area contributed by atoms with Crippen molar-refractivity contribution in [2.24, 2.45) is 0 Å². The average Bonchev–Trinajstić information content (AvgIpc) is 2.30. The summed E-state index contributed by atoms with van der Waals surface area (Å²) in [6.45, 7) is 4.01. The normalized spacial score (nSPS) is 10.5. The van der Waals surface area contributed by atoms with Crippen LogP contribution in [0.3, 0.4) is 0 Å². The number of benzene rings is 1. The number of nitrogens with two attached hydrogens (primary N) is 1. The van der Waals surface area contributed by atoms with Gasteiger partial charge < -0.3 is 10.5 Å². The molecule has 0 fully saturated rings. The number of hydrogen-bond donors (Lipinski definition) is 1. The molecule has 1 aromatic heterocycles. The molecule has 0 atom stereocenters. The SMILES string of the molecule is CC(C)Oc1ccccc1-c1cccnc1N. The Morgan fingerprint density at radius 3 is 2.47 bits per heavy atom. The monoisotopic (exact) mass is 228 g/mol. The molecule has 0 unspecified atom stereocenters. The van der Waals surface area contributed by atoms with E-state index in [9.17, 15) is 0 Å². The summed E-state index contributed by atoms with van der Waals surface area (Å²) in [5.41, 5.74) is 7.77. The third-order valence-electron chi connectivity index (χ3n) is 2.38. The lowest BCUT2D eigenvalue weighted by molar-refractivity contribution is 0.243. The topological polar surface area (TPSA) is 48.1 Å². The molecule has 2 rings (SSSR count). The molecule has 3 heteroatoms. The van der Waals surface area contributed by atoms with E-state index in [-0.39, 0.29) is 6.10 Å². The predicted octanol–water partition coefficient (Wildman–Crippen LogP) is 3.12. The summed E-state index contributed by atoms with van der Waals surface area (Å²) in [6.07, 6.45) is 1.82. The van der Waals surface area contributed by atoms with Crippen LogP contribution in [-0.2, 0) is 0 Å². The molecule has 0 amide bonds. The number of rotatable bonds is 3. The van der Waals surface area contributed by atoms with E-state index in [0.717, 1.165) is 16.9 Å². The third-order valence-corrected chi connectivity index (χ3v) is 2.38. The Bertz CT molecular complexity index is 509. The second kappa shape index (κ2) is 4.87. The van der Waals surface area contributed by atoms with Gasteiger partial charge >= 0.3 is 0 Å². The molecule has 1 heterocycles. The lowest BCUT2D eigenvalue weighted by Gasteiger charge is -2.14. The molecular weight excluding hydrogens is 212 g/mol. The highest BCUT2D eigenvalue weighted by Gasteiger charge is 2.09. The van der Waals surface area contributed by atoms with Crippen LogP contribution in [0.25, 0.3) is 11.1 Å². The summed E-state index contributed by atoms with van der Waals surface area (Å²) in [7, 11) is 0. The zero-order chi connectivity index (χ0) is 12.3. The van der Waals surface area contributed by atoms with E-state index >= 15 is 0 Å². The minimum absolute atomic E-state index is 0.133. The van der Waals surface area contributed by atoms with Crippen molar-refractivity contribution in [2.45, 2.75) is 20.0 Å². The standard InChI is InChI=1S/C14H16N2O/c1-10(2)17-13-8-4-3-6-11(13)12-7-5-9-16-14(12)15/h3-10H,1-2H3,(H2,15,16). The van der Waals surface area contributed by atoms with Gasteiger partial charge in [0.25, 0.3) is 0 Å². The Hall–Kier alpha value is -2.03. The summed E-state index contributed by atoms with van der Waals surface area (Å²) >= 11 is 0. The summed E-state index contributed by atoms with van der Waals surface area (Å²) < 4.78 is 5.77. The van der Waals surface area contributed by atoms with Crippen molar-refractivity contribution < 1.29 is 4.74 Å². The van der Waals surface area contributed by atoms with Gasteiger partial charge in [0.05, 0.1) is 6.10 Å². The zero-order valence-electron chi connectivity index (χ0n) is 10.1. The first-order chi connectivity index (χ1) is 8.18. The van der Waals surface area contributed by atoms with Crippen LogP contribution in [0.2, 0.25) is 0 Å². The van der Waals surface area contributed by atoms with Crippen LogP contribution in [0.5, 0.6) is 5.75 Å². The van der Waals surface area contributed by atoms with Gasteiger partial charge in [0, 0.05) is 17.3 Å². The summed E-state index contributed by atoms with van der Waals surface area (Å²) in [5, 5.41) is 0. The Kier molecular flexibility index (Phi) is 3.28. The quantitative estimate of drug-likeness (QED) is 0.878. The van der Waals surface area contributed by atoms with Crippen molar-refractivity contribution in [1.29, 1.82) is 0 Å². The van der Waals surface area contributed by atoms with Crippen LogP contribution < -0.4 is 10.5 Å². The molecule has 0 bridgehead atoms. The van der Waals surface area contributed by atoms with Gasteiger partial charge in [0.2, 0.25) is 0 Å². The highest BCUT2D eigenvalue weighted by molar-refractivity contribution is 5.78. The fraction of sp³-hybridized carbons (Fsp3) is 0.214. The Balaban J connectivity index is 2.48. The van der Waals surface area contributed by atoms with Crippen molar-refractivity contribution in [3.05, 3.63) is 42.6 Å². The first-order valence-electron chi connectivity index (χ1n) is 5.65. The number of hydrogen-bond acceptors (Lipinski definition) is 3. The van der Waals surface area contributed by atoms with E-state index < -0.39 is 0 Å².